The lowest BCUT2D eigenvalue weighted by Crippen LogP contribution is -2.75. The largest absolute Gasteiger partial charge is 0.459 e. The molecule has 4 aliphatic carbocycles. The summed E-state index contributed by atoms with van der Waals surface area (Å²) in [6.45, 7) is 12.2. The Balaban J connectivity index is 1.92. The zero-order valence-corrected chi connectivity index (χ0v) is 19.4. The quantitative estimate of drug-likeness (QED) is 0.359. The highest BCUT2D eigenvalue weighted by Gasteiger charge is 2.77. The van der Waals surface area contributed by atoms with E-state index in [4.69, 9.17) is 9.47 Å². The highest BCUT2D eigenvalue weighted by Crippen LogP contribution is 2.72. The number of carbonyl (C=O) groups is 2. The normalized spacial score (nSPS) is 51.4. The van der Waals surface area contributed by atoms with E-state index in [0.29, 0.717) is 18.4 Å². The van der Waals surface area contributed by atoms with Crippen LogP contribution in [-0.4, -0.2) is 69.0 Å². The van der Waals surface area contributed by atoms with Crippen LogP contribution in [-0.2, 0) is 19.1 Å². The van der Waals surface area contributed by atoms with Crippen LogP contribution in [0.5, 0.6) is 0 Å². The van der Waals surface area contributed by atoms with Gasteiger partial charge in [0, 0.05) is 36.5 Å². The standard InChI is InChI=1S/C24H36O8/c1-10-13-7-14(27)17-23(6)9-15(28)20(31-11(2)25)22(4,5)18(23)16(29)21(32-12(3)26)24(17,8-13)19(10)30/h13-21,27-30H,1,7-9H2,2-6H3/t13-,14+,15+,16-,17+,18-,19-,20+,21+,23-,24+/m1/s1. The number of carbonyl (C=O) groups excluding carboxylic acids is 2. The molecule has 0 aromatic rings. The second-order valence-electron chi connectivity index (χ2n) is 11.4. The van der Waals surface area contributed by atoms with Crippen LogP contribution in [0.25, 0.3) is 0 Å². The molecule has 2 bridgehead atoms. The average molecular weight is 453 g/mol. The number of esters is 2. The Hall–Kier alpha value is -1.48. The van der Waals surface area contributed by atoms with E-state index in [2.05, 4.69) is 6.58 Å². The van der Waals surface area contributed by atoms with E-state index in [1.54, 1.807) is 0 Å². The summed E-state index contributed by atoms with van der Waals surface area (Å²) in [5.41, 5.74) is -2.26. The molecular weight excluding hydrogens is 416 g/mol. The van der Waals surface area contributed by atoms with E-state index < -0.39 is 76.6 Å². The second-order valence-corrected chi connectivity index (χ2v) is 11.4. The Morgan fingerprint density at radius 2 is 1.47 bits per heavy atom. The van der Waals surface area contributed by atoms with Gasteiger partial charge in [0.2, 0.25) is 0 Å². The molecule has 0 aromatic heterocycles. The molecule has 4 aliphatic rings. The van der Waals surface area contributed by atoms with Crippen molar-refractivity contribution in [2.45, 2.75) is 90.5 Å². The van der Waals surface area contributed by atoms with E-state index in [1.165, 1.54) is 13.8 Å². The number of rotatable bonds is 2. The predicted molar refractivity (Wildman–Crippen MR) is 113 cm³/mol. The molecule has 0 heterocycles. The third-order valence-corrected chi connectivity index (χ3v) is 9.20. The topological polar surface area (TPSA) is 134 Å². The summed E-state index contributed by atoms with van der Waals surface area (Å²) in [4.78, 5) is 23.9. The summed E-state index contributed by atoms with van der Waals surface area (Å²) < 4.78 is 11.2. The van der Waals surface area contributed by atoms with Crippen molar-refractivity contribution in [3.8, 4) is 0 Å². The maximum absolute atomic E-state index is 12.1. The summed E-state index contributed by atoms with van der Waals surface area (Å²) >= 11 is 0. The highest BCUT2D eigenvalue weighted by molar-refractivity contribution is 5.67. The number of ether oxygens (including phenoxy) is 2. The number of hydrogen-bond donors (Lipinski definition) is 4. The van der Waals surface area contributed by atoms with Crippen molar-refractivity contribution in [3.63, 3.8) is 0 Å². The van der Waals surface area contributed by atoms with Gasteiger partial charge in [0.15, 0.2) is 0 Å². The first-order chi connectivity index (χ1) is 14.7. The first kappa shape index (κ1) is 23.7. The Labute approximate surface area is 188 Å². The Bertz CT molecular complexity index is 838. The zero-order valence-electron chi connectivity index (χ0n) is 19.4. The summed E-state index contributed by atoms with van der Waals surface area (Å²) in [6.07, 6.45) is -5.04. The minimum atomic E-state index is -1.20. The van der Waals surface area contributed by atoms with Crippen LogP contribution in [0.1, 0.15) is 53.9 Å². The van der Waals surface area contributed by atoms with Gasteiger partial charge in [0.25, 0.3) is 0 Å². The second kappa shape index (κ2) is 7.26. The van der Waals surface area contributed by atoms with Gasteiger partial charge in [-0.15, -0.1) is 0 Å². The van der Waals surface area contributed by atoms with Gasteiger partial charge in [-0.2, -0.15) is 0 Å². The molecule has 0 radical (unpaired) electrons. The lowest BCUT2D eigenvalue weighted by molar-refractivity contribution is -0.313. The summed E-state index contributed by atoms with van der Waals surface area (Å²) in [5.74, 6) is -2.41. The van der Waals surface area contributed by atoms with Crippen LogP contribution in [0.3, 0.4) is 0 Å². The fourth-order valence-electron chi connectivity index (χ4n) is 8.68. The van der Waals surface area contributed by atoms with E-state index >= 15 is 0 Å². The summed E-state index contributed by atoms with van der Waals surface area (Å²) in [6, 6.07) is 0. The van der Waals surface area contributed by atoms with Crippen LogP contribution in [0, 0.1) is 34.0 Å². The minimum absolute atomic E-state index is 0.142. The SMILES string of the molecule is C=C1[C@@H]2C[C@H](O)[C@H]3[C@@]4(C)C[C@H](O)[C@H](OC(C)=O)C(C)(C)[C@H]4[C@@H](O)[C@H](OC(C)=O)[C@]3(C2)[C@@H]1O. The maximum atomic E-state index is 12.1. The Kier molecular flexibility index (Phi) is 5.37. The molecule has 0 amide bonds. The van der Waals surface area contributed by atoms with Crippen LogP contribution in [0.15, 0.2) is 12.2 Å². The van der Waals surface area contributed by atoms with Gasteiger partial charge in [-0.1, -0.05) is 27.4 Å². The minimum Gasteiger partial charge on any atom is -0.459 e. The van der Waals surface area contributed by atoms with E-state index in [-0.39, 0.29) is 12.3 Å². The third kappa shape index (κ3) is 2.89. The third-order valence-electron chi connectivity index (χ3n) is 9.20. The van der Waals surface area contributed by atoms with Gasteiger partial charge in [-0.25, -0.2) is 0 Å². The van der Waals surface area contributed by atoms with E-state index in [1.807, 2.05) is 20.8 Å². The molecule has 4 rings (SSSR count). The van der Waals surface area contributed by atoms with Gasteiger partial charge in [-0.3, -0.25) is 9.59 Å². The molecule has 4 saturated carbocycles. The molecule has 32 heavy (non-hydrogen) atoms. The number of aliphatic hydroxyl groups excluding tert-OH is 4. The maximum Gasteiger partial charge on any atom is 0.303 e. The molecule has 0 unspecified atom stereocenters. The number of fused-ring (bicyclic) bond motifs is 3. The molecule has 8 heteroatoms. The van der Waals surface area contributed by atoms with Crippen LogP contribution in [0.4, 0.5) is 0 Å². The molecular formula is C24H36O8. The fraction of sp³-hybridized carbons (Fsp3) is 0.833. The van der Waals surface area contributed by atoms with Gasteiger partial charge in [-0.05, 0) is 36.2 Å². The van der Waals surface area contributed by atoms with Crippen LogP contribution >= 0.6 is 0 Å². The monoisotopic (exact) mass is 452 g/mol. The van der Waals surface area contributed by atoms with E-state index in [0.717, 1.165) is 0 Å². The van der Waals surface area contributed by atoms with Crippen LogP contribution < -0.4 is 0 Å². The Morgan fingerprint density at radius 3 is 2.03 bits per heavy atom. The molecule has 0 saturated heterocycles. The molecule has 11 atom stereocenters. The average Bonchev–Trinajstić information content (AvgIpc) is 2.83. The lowest BCUT2D eigenvalue weighted by atomic mass is 9.38. The van der Waals surface area contributed by atoms with Gasteiger partial charge >= 0.3 is 11.9 Å². The fourth-order valence-corrected chi connectivity index (χ4v) is 8.68. The van der Waals surface area contributed by atoms with Crippen molar-refractivity contribution in [1.82, 2.24) is 0 Å². The Morgan fingerprint density at radius 1 is 0.906 bits per heavy atom. The summed E-state index contributed by atoms with van der Waals surface area (Å²) in [5, 5.41) is 45.7. The molecule has 8 nitrogen and oxygen atoms in total. The predicted octanol–water partition coefficient (Wildman–Crippen LogP) is 0.942. The number of hydrogen-bond acceptors (Lipinski definition) is 8. The molecule has 1 spiro atoms. The van der Waals surface area contributed by atoms with Crippen molar-refractivity contribution in [3.05, 3.63) is 12.2 Å². The van der Waals surface area contributed by atoms with Gasteiger partial charge in [0.1, 0.15) is 12.2 Å². The van der Waals surface area contributed by atoms with Crippen molar-refractivity contribution < 1.29 is 39.5 Å². The van der Waals surface area contributed by atoms with Gasteiger partial charge < -0.3 is 29.9 Å². The van der Waals surface area contributed by atoms with Crippen molar-refractivity contribution in [1.29, 1.82) is 0 Å². The first-order valence-corrected chi connectivity index (χ1v) is 11.4. The molecule has 4 N–H and O–H groups in total. The molecule has 0 aromatic carbocycles. The van der Waals surface area contributed by atoms with Crippen molar-refractivity contribution in [2.24, 2.45) is 34.0 Å². The summed E-state index contributed by atoms with van der Waals surface area (Å²) in [7, 11) is 0. The molecule has 0 aliphatic heterocycles. The molecule has 180 valence electrons. The highest BCUT2D eigenvalue weighted by atomic mass is 16.6. The number of aliphatic hydroxyl groups is 4. The van der Waals surface area contributed by atoms with Crippen molar-refractivity contribution >= 4 is 11.9 Å². The first-order valence-electron chi connectivity index (χ1n) is 11.4. The molecule has 4 fully saturated rings. The zero-order chi connectivity index (χ0) is 24.0. The lowest BCUT2D eigenvalue weighted by Gasteiger charge is -2.69. The smallest absolute Gasteiger partial charge is 0.303 e. The van der Waals surface area contributed by atoms with Gasteiger partial charge in [0.05, 0.1) is 24.4 Å². The van der Waals surface area contributed by atoms with Crippen molar-refractivity contribution in [2.75, 3.05) is 0 Å². The van der Waals surface area contributed by atoms with E-state index in [9.17, 15) is 30.0 Å². The van der Waals surface area contributed by atoms with Crippen LogP contribution in [0.2, 0.25) is 0 Å².